The van der Waals surface area contributed by atoms with Gasteiger partial charge in [-0.25, -0.2) is 12.8 Å². The first kappa shape index (κ1) is 15.9. The fourth-order valence-corrected chi connectivity index (χ4v) is 4.45. The SMILES string of the molecule is O=C(Nc1ccccc1F)C1CC1C(=O)NC1CCS(=O)(=O)C1. The molecule has 2 N–H and O–H groups in total. The molecule has 124 valence electrons. The lowest BCUT2D eigenvalue weighted by Crippen LogP contribution is -2.37. The van der Waals surface area contributed by atoms with Gasteiger partial charge in [-0.2, -0.15) is 0 Å². The standard InChI is InChI=1S/C15H17FN2O4S/c16-12-3-1-2-4-13(12)18-15(20)11-7-10(11)14(19)17-9-5-6-23(21,22)8-9/h1-4,9-11H,5-8H2,(H,17,19)(H,18,20). The minimum absolute atomic E-state index is 0.0441. The molecule has 8 heteroatoms. The molecule has 1 aliphatic carbocycles. The largest absolute Gasteiger partial charge is 0.352 e. The van der Waals surface area contributed by atoms with Gasteiger partial charge in [-0.15, -0.1) is 0 Å². The zero-order valence-electron chi connectivity index (χ0n) is 12.3. The van der Waals surface area contributed by atoms with E-state index in [2.05, 4.69) is 10.6 Å². The molecule has 1 aromatic carbocycles. The van der Waals surface area contributed by atoms with Crippen LogP contribution < -0.4 is 10.6 Å². The van der Waals surface area contributed by atoms with Crippen LogP contribution in [-0.4, -0.2) is 37.8 Å². The van der Waals surface area contributed by atoms with Gasteiger partial charge in [0.1, 0.15) is 5.82 Å². The van der Waals surface area contributed by atoms with Crippen molar-refractivity contribution in [1.29, 1.82) is 0 Å². The minimum atomic E-state index is -3.06. The summed E-state index contributed by atoms with van der Waals surface area (Å²) >= 11 is 0. The monoisotopic (exact) mass is 340 g/mol. The molecule has 6 nitrogen and oxygen atoms in total. The maximum atomic E-state index is 13.5. The summed E-state index contributed by atoms with van der Waals surface area (Å²) in [6.45, 7) is 0. The van der Waals surface area contributed by atoms with E-state index in [1.165, 1.54) is 18.2 Å². The van der Waals surface area contributed by atoms with Gasteiger partial charge in [-0.05, 0) is 25.0 Å². The van der Waals surface area contributed by atoms with Crippen molar-refractivity contribution in [3.05, 3.63) is 30.1 Å². The fourth-order valence-electron chi connectivity index (χ4n) is 2.78. The first-order chi connectivity index (χ1) is 10.9. The number of carbonyl (C=O) groups excluding carboxylic acids is 2. The number of sulfone groups is 1. The third-order valence-corrected chi connectivity index (χ3v) is 5.94. The van der Waals surface area contributed by atoms with Crippen molar-refractivity contribution in [3.63, 3.8) is 0 Å². The van der Waals surface area contributed by atoms with Crippen molar-refractivity contribution in [1.82, 2.24) is 5.32 Å². The van der Waals surface area contributed by atoms with E-state index in [9.17, 15) is 22.4 Å². The highest BCUT2D eigenvalue weighted by Gasteiger charge is 2.48. The predicted molar refractivity (Wildman–Crippen MR) is 81.8 cm³/mol. The van der Waals surface area contributed by atoms with Crippen LogP contribution in [-0.2, 0) is 19.4 Å². The number of para-hydroxylation sites is 1. The molecule has 1 heterocycles. The summed E-state index contributed by atoms with van der Waals surface area (Å²) in [5.74, 6) is -2.15. The van der Waals surface area contributed by atoms with E-state index in [0.29, 0.717) is 12.8 Å². The van der Waals surface area contributed by atoms with Crippen molar-refractivity contribution < 1.29 is 22.4 Å². The summed E-state index contributed by atoms with van der Waals surface area (Å²) in [6.07, 6.45) is 0.804. The third kappa shape index (κ3) is 3.69. The summed E-state index contributed by atoms with van der Waals surface area (Å²) < 4.78 is 36.2. The number of rotatable bonds is 4. The van der Waals surface area contributed by atoms with E-state index in [1.54, 1.807) is 6.07 Å². The number of hydrogen-bond donors (Lipinski definition) is 2. The Morgan fingerprint density at radius 1 is 1.13 bits per heavy atom. The van der Waals surface area contributed by atoms with Gasteiger partial charge in [0.05, 0.1) is 29.0 Å². The average Bonchev–Trinajstić information content (AvgIpc) is 3.21. The van der Waals surface area contributed by atoms with Crippen LogP contribution in [0.1, 0.15) is 12.8 Å². The van der Waals surface area contributed by atoms with Crippen molar-refractivity contribution in [3.8, 4) is 0 Å². The van der Waals surface area contributed by atoms with Crippen molar-refractivity contribution >= 4 is 27.3 Å². The molecule has 2 aliphatic rings. The van der Waals surface area contributed by atoms with Crippen LogP contribution in [0.4, 0.5) is 10.1 Å². The average molecular weight is 340 g/mol. The normalized spacial score (nSPS) is 28.1. The topological polar surface area (TPSA) is 92.3 Å². The fraction of sp³-hybridized carbons (Fsp3) is 0.467. The number of amides is 2. The molecule has 3 unspecified atom stereocenters. The summed E-state index contributed by atoms with van der Waals surface area (Å²) in [5.41, 5.74) is 0.0884. The van der Waals surface area contributed by atoms with Crippen LogP contribution in [0, 0.1) is 17.7 Å². The Balaban J connectivity index is 1.52. The molecule has 23 heavy (non-hydrogen) atoms. The molecule has 1 saturated heterocycles. The van der Waals surface area contributed by atoms with Crippen LogP contribution in [0.5, 0.6) is 0 Å². The Kier molecular flexibility index (Phi) is 4.09. The quantitative estimate of drug-likeness (QED) is 0.844. The van der Waals surface area contributed by atoms with Gasteiger partial charge >= 0.3 is 0 Å². The van der Waals surface area contributed by atoms with Crippen molar-refractivity contribution in [2.45, 2.75) is 18.9 Å². The second kappa shape index (κ2) is 5.92. The van der Waals surface area contributed by atoms with E-state index < -0.39 is 33.4 Å². The number of benzene rings is 1. The highest BCUT2D eigenvalue weighted by Crippen LogP contribution is 2.40. The smallest absolute Gasteiger partial charge is 0.228 e. The van der Waals surface area contributed by atoms with Crippen LogP contribution in [0.3, 0.4) is 0 Å². The molecule has 0 bridgehead atoms. The lowest BCUT2D eigenvalue weighted by Gasteiger charge is -2.10. The molecular weight excluding hydrogens is 323 g/mol. The molecule has 0 radical (unpaired) electrons. The van der Waals surface area contributed by atoms with Gasteiger partial charge in [0.25, 0.3) is 0 Å². The molecule has 0 aromatic heterocycles. The molecule has 0 spiro atoms. The second-order valence-corrected chi connectivity index (χ2v) is 8.26. The lowest BCUT2D eigenvalue weighted by atomic mass is 10.2. The third-order valence-electron chi connectivity index (χ3n) is 4.17. The van der Waals surface area contributed by atoms with Crippen LogP contribution >= 0.6 is 0 Å². The summed E-state index contributed by atoms with van der Waals surface area (Å²) in [4.78, 5) is 24.1. The number of anilines is 1. The molecule has 1 aliphatic heterocycles. The highest BCUT2D eigenvalue weighted by atomic mass is 32.2. The van der Waals surface area contributed by atoms with Gasteiger partial charge < -0.3 is 10.6 Å². The predicted octanol–water partition coefficient (Wildman–Crippen LogP) is 0.704. The molecule has 3 atom stereocenters. The first-order valence-electron chi connectivity index (χ1n) is 7.42. The van der Waals surface area contributed by atoms with Gasteiger partial charge in [0.15, 0.2) is 9.84 Å². The van der Waals surface area contributed by atoms with Gasteiger partial charge in [0.2, 0.25) is 11.8 Å². The van der Waals surface area contributed by atoms with Gasteiger partial charge in [-0.1, -0.05) is 12.1 Å². The Morgan fingerprint density at radius 3 is 2.48 bits per heavy atom. The molecule has 3 rings (SSSR count). The first-order valence-corrected chi connectivity index (χ1v) is 9.24. The Labute approximate surface area is 133 Å². The van der Waals surface area contributed by atoms with E-state index in [4.69, 9.17) is 0 Å². The van der Waals surface area contributed by atoms with Crippen molar-refractivity contribution in [2.24, 2.45) is 11.8 Å². The lowest BCUT2D eigenvalue weighted by molar-refractivity contribution is -0.125. The maximum absolute atomic E-state index is 13.5. The molecule has 2 fully saturated rings. The summed E-state index contributed by atoms with van der Waals surface area (Å²) in [6, 6.07) is 5.45. The maximum Gasteiger partial charge on any atom is 0.228 e. The molecular formula is C15H17FN2O4S. The van der Waals surface area contributed by atoms with E-state index in [1.807, 2.05) is 0 Å². The van der Waals surface area contributed by atoms with E-state index in [-0.39, 0.29) is 29.1 Å². The van der Waals surface area contributed by atoms with E-state index in [0.717, 1.165) is 0 Å². The molecule has 1 aromatic rings. The number of halogens is 1. The Bertz CT molecular complexity index is 750. The van der Waals surface area contributed by atoms with Crippen LogP contribution in [0.2, 0.25) is 0 Å². The highest BCUT2D eigenvalue weighted by molar-refractivity contribution is 7.91. The number of carbonyl (C=O) groups is 2. The van der Waals surface area contributed by atoms with Gasteiger partial charge in [0, 0.05) is 6.04 Å². The van der Waals surface area contributed by atoms with E-state index >= 15 is 0 Å². The number of nitrogens with one attached hydrogen (secondary N) is 2. The second-order valence-electron chi connectivity index (χ2n) is 6.03. The summed E-state index contributed by atoms with van der Waals surface area (Å²) in [7, 11) is -3.06. The summed E-state index contributed by atoms with van der Waals surface area (Å²) in [5, 5.41) is 5.16. The van der Waals surface area contributed by atoms with Crippen LogP contribution in [0.15, 0.2) is 24.3 Å². The van der Waals surface area contributed by atoms with Crippen LogP contribution in [0.25, 0.3) is 0 Å². The van der Waals surface area contributed by atoms with Gasteiger partial charge in [-0.3, -0.25) is 9.59 Å². The Morgan fingerprint density at radius 2 is 1.83 bits per heavy atom. The Hall–Kier alpha value is -1.96. The minimum Gasteiger partial charge on any atom is -0.352 e. The molecule has 1 saturated carbocycles. The number of hydrogen-bond acceptors (Lipinski definition) is 4. The zero-order valence-corrected chi connectivity index (χ0v) is 13.1. The van der Waals surface area contributed by atoms with Crippen molar-refractivity contribution in [2.75, 3.05) is 16.8 Å². The molecule has 2 amide bonds. The zero-order chi connectivity index (χ0) is 16.6.